The van der Waals surface area contributed by atoms with Crippen molar-refractivity contribution in [2.45, 2.75) is 51.5 Å². The van der Waals surface area contributed by atoms with Crippen LogP contribution in [-0.2, 0) is 11.3 Å². The highest BCUT2D eigenvalue weighted by atomic mass is 16.1. The van der Waals surface area contributed by atoms with E-state index in [0.717, 1.165) is 24.0 Å². The number of carbonyl (C=O) groups is 1. The predicted octanol–water partition coefficient (Wildman–Crippen LogP) is 3.97. The van der Waals surface area contributed by atoms with E-state index in [1.165, 1.54) is 32.1 Å². The van der Waals surface area contributed by atoms with Crippen molar-refractivity contribution in [3.8, 4) is 0 Å². The van der Waals surface area contributed by atoms with Crippen LogP contribution in [0.5, 0.6) is 0 Å². The Morgan fingerprint density at radius 1 is 1.10 bits per heavy atom. The minimum Gasteiger partial charge on any atom is -0.348 e. The summed E-state index contributed by atoms with van der Waals surface area (Å²) in [5, 5.41) is 3.06. The predicted molar refractivity (Wildman–Crippen MR) is 81.1 cm³/mol. The molecule has 1 aromatic rings. The number of carbonyl (C=O) groups excluding carboxylic acids is 1. The van der Waals surface area contributed by atoms with E-state index in [1.807, 2.05) is 30.3 Å². The molecule has 0 aromatic heterocycles. The van der Waals surface area contributed by atoms with Gasteiger partial charge < -0.3 is 5.32 Å². The number of nitrogens with one attached hydrogen (secondary N) is 1. The van der Waals surface area contributed by atoms with E-state index in [0.29, 0.717) is 12.0 Å². The molecule has 1 fully saturated rings. The Labute approximate surface area is 121 Å². The molecule has 1 aromatic carbocycles. The third-order valence-electron chi connectivity index (χ3n) is 4.85. The third-order valence-corrected chi connectivity index (χ3v) is 4.85. The fourth-order valence-corrected chi connectivity index (χ4v) is 3.64. The molecule has 2 heteroatoms. The summed E-state index contributed by atoms with van der Waals surface area (Å²) in [7, 11) is 0. The first kappa shape index (κ1) is 13.4. The summed E-state index contributed by atoms with van der Waals surface area (Å²) >= 11 is 0. The molecule has 2 aliphatic rings. The Morgan fingerprint density at radius 3 is 2.60 bits per heavy atom. The summed E-state index contributed by atoms with van der Waals surface area (Å²) in [4.78, 5) is 12.3. The van der Waals surface area contributed by atoms with Gasteiger partial charge >= 0.3 is 0 Å². The average Bonchev–Trinajstić information content (AvgIpc) is 2.90. The molecule has 0 saturated heterocycles. The molecule has 0 unspecified atom stereocenters. The van der Waals surface area contributed by atoms with Gasteiger partial charge in [0.1, 0.15) is 0 Å². The van der Waals surface area contributed by atoms with Crippen LogP contribution in [0.15, 0.2) is 42.0 Å². The lowest BCUT2D eigenvalue weighted by Crippen LogP contribution is -2.26. The van der Waals surface area contributed by atoms with Crippen LogP contribution >= 0.6 is 0 Å². The maximum atomic E-state index is 12.3. The van der Waals surface area contributed by atoms with Gasteiger partial charge in [-0.2, -0.15) is 0 Å². The summed E-state index contributed by atoms with van der Waals surface area (Å²) in [6.45, 7) is 0.629. The topological polar surface area (TPSA) is 29.1 Å². The summed E-state index contributed by atoms with van der Waals surface area (Å²) in [5.41, 5.74) is 2.60. The van der Waals surface area contributed by atoms with Gasteiger partial charge in [-0.1, -0.05) is 55.7 Å². The van der Waals surface area contributed by atoms with E-state index in [1.54, 1.807) is 0 Å². The van der Waals surface area contributed by atoms with Gasteiger partial charge in [0.05, 0.1) is 0 Å². The van der Waals surface area contributed by atoms with Crippen molar-refractivity contribution in [3.05, 3.63) is 47.5 Å². The molecule has 2 aliphatic carbocycles. The lowest BCUT2D eigenvalue weighted by molar-refractivity contribution is -0.117. The molecule has 20 heavy (non-hydrogen) atoms. The van der Waals surface area contributed by atoms with Crippen LogP contribution in [0.25, 0.3) is 0 Å². The number of benzene rings is 1. The number of allylic oxidation sites excluding steroid dienone is 1. The van der Waals surface area contributed by atoms with E-state index >= 15 is 0 Å². The highest BCUT2D eigenvalue weighted by molar-refractivity contribution is 5.93. The molecule has 1 spiro atoms. The van der Waals surface area contributed by atoms with Gasteiger partial charge in [0.25, 0.3) is 0 Å². The maximum absolute atomic E-state index is 12.3. The van der Waals surface area contributed by atoms with Crippen molar-refractivity contribution < 1.29 is 4.79 Å². The van der Waals surface area contributed by atoms with Gasteiger partial charge in [0.15, 0.2) is 0 Å². The standard InChI is InChI=1S/C18H23NO/c20-17(19-14-15-7-3-1-4-8-15)16-9-12-18(13-16)10-5-2-6-11-18/h1,3-4,7-9H,2,5-6,10-14H2,(H,19,20). The molecule has 0 heterocycles. The third kappa shape index (κ3) is 2.95. The van der Waals surface area contributed by atoms with Gasteiger partial charge in [-0.25, -0.2) is 0 Å². The Hall–Kier alpha value is -1.57. The molecule has 0 bridgehead atoms. The molecular formula is C18H23NO. The molecule has 3 rings (SSSR count). The van der Waals surface area contributed by atoms with Gasteiger partial charge in [-0.3, -0.25) is 4.79 Å². The van der Waals surface area contributed by atoms with Crippen LogP contribution < -0.4 is 5.32 Å². The Morgan fingerprint density at radius 2 is 1.85 bits per heavy atom. The first-order chi connectivity index (χ1) is 9.77. The summed E-state index contributed by atoms with van der Waals surface area (Å²) in [6, 6.07) is 10.1. The molecule has 1 amide bonds. The van der Waals surface area contributed by atoms with Gasteiger partial charge in [0, 0.05) is 12.1 Å². The van der Waals surface area contributed by atoms with E-state index in [2.05, 4.69) is 11.4 Å². The fourth-order valence-electron chi connectivity index (χ4n) is 3.64. The molecule has 0 aliphatic heterocycles. The Balaban J connectivity index is 1.53. The van der Waals surface area contributed by atoms with E-state index in [4.69, 9.17) is 0 Å². The Bertz CT molecular complexity index is 497. The molecule has 1 N–H and O–H groups in total. The summed E-state index contributed by atoms with van der Waals surface area (Å²) in [6.07, 6.45) is 11.0. The zero-order chi connectivity index (χ0) is 13.8. The maximum Gasteiger partial charge on any atom is 0.247 e. The Kier molecular flexibility index (Phi) is 3.90. The fraction of sp³-hybridized carbons (Fsp3) is 0.500. The second-order valence-corrected chi connectivity index (χ2v) is 6.34. The quantitative estimate of drug-likeness (QED) is 0.883. The van der Waals surface area contributed by atoms with Crippen LogP contribution in [0.2, 0.25) is 0 Å². The summed E-state index contributed by atoms with van der Waals surface area (Å²) < 4.78 is 0. The zero-order valence-electron chi connectivity index (χ0n) is 12.0. The average molecular weight is 269 g/mol. The monoisotopic (exact) mass is 269 g/mol. The number of hydrogen-bond acceptors (Lipinski definition) is 1. The lowest BCUT2D eigenvalue weighted by Gasteiger charge is -2.33. The van der Waals surface area contributed by atoms with Gasteiger partial charge in [0.2, 0.25) is 5.91 Å². The highest BCUT2D eigenvalue weighted by Crippen LogP contribution is 2.48. The lowest BCUT2D eigenvalue weighted by atomic mass is 9.72. The van der Waals surface area contributed by atoms with Crippen LogP contribution in [-0.4, -0.2) is 5.91 Å². The molecule has 0 radical (unpaired) electrons. The minimum atomic E-state index is 0.135. The largest absolute Gasteiger partial charge is 0.348 e. The second kappa shape index (κ2) is 5.82. The van der Waals surface area contributed by atoms with Crippen LogP contribution in [0, 0.1) is 5.41 Å². The molecule has 0 atom stereocenters. The van der Waals surface area contributed by atoms with E-state index in [-0.39, 0.29) is 5.91 Å². The highest BCUT2D eigenvalue weighted by Gasteiger charge is 2.37. The van der Waals surface area contributed by atoms with Crippen molar-refractivity contribution >= 4 is 5.91 Å². The van der Waals surface area contributed by atoms with Crippen molar-refractivity contribution in [2.75, 3.05) is 0 Å². The number of rotatable bonds is 3. The smallest absolute Gasteiger partial charge is 0.247 e. The molecule has 2 nitrogen and oxygen atoms in total. The number of hydrogen-bond donors (Lipinski definition) is 1. The van der Waals surface area contributed by atoms with E-state index < -0.39 is 0 Å². The zero-order valence-corrected chi connectivity index (χ0v) is 12.0. The molecular weight excluding hydrogens is 246 g/mol. The summed E-state index contributed by atoms with van der Waals surface area (Å²) in [5.74, 6) is 0.135. The van der Waals surface area contributed by atoms with Crippen molar-refractivity contribution in [1.29, 1.82) is 0 Å². The van der Waals surface area contributed by atoms with Crippen LogP contribution in [0.4, 0.5) is 0 Å². The molecule has 106 valence electrons. The van der Waals surface area contributed by atoms with Crippen molar-refractivity contribution in [1.82, 2.24) is 5.32 Å². The van der Waals surface area contributed by atoms with Gasteiger partial charge in [-0.15, -0.1) is 0 Å². The van der Waals surface area contributed by atoms with Gasteiger partial charge in [-0.05, 0) is 36.7 Å². The minimum absolute atomic E-state index is 0.135. The van der Waals surface area contributed by atoms with Crippen LogP contribution in [0.1, 0.15) is 50.5 Å². The first-order valence-corrected chi connectivity index (χ1v) is 7.79. The van der Waals surface area contributed by atoms with Crippen molar-refractivity contribution in [3.63, 3.8) is 0 Å². The molecule has 1 saturated carbocycles. The second-order valence-electron chi connectivity index (χ2n) is 6.34. The normalized spacial score (nSPS) is 20.7. The van der Waals surface area contributed by atoms with Crippen LogP contribution in [0.3, 0.4) is 0 Å². The number of amides is 1. The van der Waals surface area contributed by atoms with Crippen molar-refractivity contribution in [2.24, 2.45) is 5.41 Å². The van der Waals surface area contributed by atoms with E-state index in [9.17, 15) is 4.79 Å². The SMILES string of the molecule is O=C(NCc1ccccc1)C1=CCC2(CCCCC2)C1. The first-order valence-electron chi connectivity index (χ1n) is 7.79.